The van der Waals surface area contributed by atoms with Crippen LogP contribution < -0.4 is 0 Å². The Morgan fingerprint density at radius 2 is 1.07 bits per heavy atom. The smallest absolute Gasteiger partial charge is 0.240 e. The Morgan fingerprint density at radius 1 is 0.491 bits per heavy atom. The largest absolute Gasteiger partial charge is 0.292 e. The topological polar surface area (TPSA) is 94.5 Å². The van der Waals surface area contributed by atoms with Crippen molar-refractivity contribution in [1.82, 2.24) is 33.6 Å². The molecule has 0 radical (unpaired) electrons. The number of aromatic nitrogens is 7. The molecule has 0 spiro atoms. The quantitative estimate of drug-likeness (QED) is 0.164. The van der Waals surface area contributed by atoms with Crippen LogP contribution in [0.3, 0.4) is 0 Å². The standard InChI is InChI=1S/C48H27N9/c1-50-32-24-26-36-34-16-6-10-20-40(34)57(44(36)28-32)48-53-45(52-47(54-48)56-39-19-9-5-15-33(39)35-25-23-30(29-49)27-43(35)56)37-17-7-11-21-41(37)55-42-22-12-8-18-38(42)51-46(55)31-13-3-2-4-14-31/h2-28H. The summed E-state index contributed by atoms with van der Waals surface area (Å²) in [5, 5.41) is 14.0. The number of nitrogens with zero attached hydrogens (tertiary/aromatic N) is 9. The lowest BCUT2D eigenvalue weighted by Gasteiger charge is -2.16. The number of hydrogen-bond acceptors (Lipinski definition) is 5. The fourth-order valence-electron chi connectivity index (χ4n) is 8.08. The highest BCUT2D eigenvalue weighted by atomic mass is 15.3. The predicted molar refractivity (Wildman–Crippen MR) is 225 cm³/mol. The molecule has 0 amide bonds. The van der Waals surface area contributed by atoms with Crippen molar-refractivity contribution in [2.24, 2.45) is 0 Å². The Balaban J connectivity index is 1.27. The zero-order valence-electron chi connectivity index (χ0n) is 30.1. The molecule has 11 rings (SSSR count). The first-order chi connectivity index (χ1) is 28.2. The van der Waals surface area contributed by atoms with E-state index in [9.17, 15) is 5.26 Å². The van der Waals surface area contributed by atoms with Gasteiger partial charge < -0.3 is 0 Å². The van der Waals surface area contributed by atoms with Crippen LogP contribution in [0.2, 0.25) is 0 Å². The molecule has 0 atom stereocenters. The lowest BCUT2D eigenvalue weighted by atomic mass is 10.1. The summed E-state index contributed by atoms with van der Waals surface area (Å²) in [5.74, 6) is 2.01. The van der Waals surface area contributed by atoms with Crippen molar-refractivity contribution in [3.63, 3.8) is 0 Å². The van der Waals surface area contributed by atoms with Gasteiger partial charge in [-0.3, -0.25) is 13.7 Å². The number of nitriles is 1. The average Bonchev–Trinajstić information content (AvgIpc) is 3.94. The van der Waals surface area contributed by atoms with Crippen molar-refractivity contribution in [3.05, 3.63) is 181 Å². The molecule has 0 saturated carbocycles. The van der Waals surface area contributed by atoms with E-state index < -0.39 is 0 Å². The number of hydrogen-bond donors (Lipinski definition) is 0. The molecule has 4 aromatic heterocycles. The van der Waals surface area contributed by atoms with E-state index in [1.165, 1.54) is 0 Å². The number of rotatable bonds is 5. The van der Waals surface area contributed by atoms with Crippen LogP contribution in [0.15, 0.2) is 164 Å². The summed E-state index contributed by atoms with van der Waals surface area (Å²) in [4.78, 5) is 24.8. The van der Waals surface area contributed by atoms with Gasteiger partial charge in [-0.15, -0.1) is 0 Å². The summed E-state index contributed by atoms with van der Waals surface area (Å²) in [5.41, 5.74) is 8.83. The summed E-state index contributed by atoms with van der Waals surface area (Å²) in [7, 11) is 0. The van der Waals surface area contributed by atoms with Crippen molar-refractivity contribution in [2.45, 2.75) is 0 Å². The number of imidazole rings is 1. The Hall–Kier alpha value is -8.40. The molecule has 7 aromatic carbocycles. The normalized spacial score (nSPS) is 11.5. The van der Waals surface area contributed by atoms with Crippen LogP contribution >= 0.6 is 0 Å². The summed E-state index contributed by atoms with van der Waals surface area (Å²) >= 11 is 0. The zero-order valence-corrected chi connectivity index (χ0v) is 30.1. The van der Waals surface area contributed by atoms with Gasteiger partial charge in [-0.05, 0) is 54.6 Å². The van der Waals surface area contributed by atoms with Crippen LogP contribution in [0.5, 0.6) is 0 Å². The lowest BCUT2D eigenvalue weighted by Crippen LogP contribution is -2.11. The Morgan fingerprint density at radius 3 is 1.77 bits per heavy atom. The number of benzene rings is 7. The number of fused-ring (bicyclic) bond motifs is 7. The van der Waals surface area contributed by atoms with E-state index >= 15 is 0 Å². The Bertz CT molecular complexity index is 3350. The molecule has 11 aromatic rings. The third-order valence-electron chi connectivity index (χ3n) is 10.6. The molecule has 0 aliphatic rings. The van der Waals surface area contributed by atoms with Crippen LogP contribution in [0.1, 0.15) is 5.56 Å². The molecule has 0 aliphatic carbocycles. The molecule has 0 saturated heterocycles. The molecule has 0 fully saturated rings. The fraction of sp³-hybridized carbons (Fsp3) is 0. The van der Waals surface area contributed by atoms with E-state index in [4.69, 9.17) is 26.5 Å². The maximum Gasteiger partial charge on any atom is 0.240 e. The van der Waals surface area contributed by atoms with Gasteiger partial charge in [0.15, 0.2) is 11.5 Å². The molecule has 9 heteroatoms. The SMILES string of the molecule is [C-]#[N+]c1ccc2c3ccccc3n(-c3nc(-c4ccccc4-n4c(-c5ccccc5)nc5ccccc54)nc(-n4c5ccccc5c5ccc(C#N)cc54)n3)c2c1. The molecule has 57 heavy (non-hydrogen) atoms. The van der Waals surface area contributed by atoms with E-state index in [0.29, 0.717) is 29.0 Å². The van der Waals surface area contributed by atoms with Crippen LogP contribution in [-0.4, -0.2) is 33.6 Å². The van der Waals surface area contributed by atoms with E-state index in [0.717, 1.165) is 77.3 Å². The Labute approximate surface area is 325 Å². The van der Waals surface area contributed by atoms with Crippen molar-refractivity contribution in [1.29, 1.82) is 5.26 Å². The van der Waals surface area contributed by atoms with E-state index in [1.54, 1.807) is 0 Å². The molecular weight excluding hydrogens is 703 g/mol. The molecule has 9 nitrogen and oxygen atoms in total. The second-order valence-corrected chi connectivity index (χ2v) is 13.8. The van der Waals surface area contributed by atoms with Gasteiger partial charge >= 0.3 is 0 Å². The van der Waals surface area contributed by atoms with Gasteiger partial charge in [0, 0.05) is 38.2 Å². The second-order valence-electron chi connectivity index (χ2n) is 13.8. The first-order valence-electron chi connectivity index (χ1n) is 18.4. The van der Waals surface area contributed by atoms with E-state index in [2.05, 4.69) is 51.9 Å². The maximum atomic E-state index is 10.0. The molecule has 0 N–H and O–H groups in total. The molecule has 0 bridgehead atoms. The van der Waals surface area contributed by atoms with Crippen molar-refractivity contribution in [3.8, 4) is 46.4 Å². The third-order valence-corrected chi connectivity index (χ3v) is 10.6. The van der Waals surface area contributed by atoms with Gasteiger partial charge in [0.1, 0.15) is 5.82 Å². The minimum absolute atomic E-state index is 0.386. The van der Waals surface area contributed by atoms with Gasteiger partial charge in [0.2, 0.25) is 11.9 Å². The van der Waals surface area contributed by atoms with Gasteiger partial charge in [0.25, 0.3) is 0 Å². The maximum absolute atomic E-state index is 10.0. The number of para-hydroxylation sites is 5. The Kier molecular flexibility index (Phi) is 7.08. The summed E-state index contributed by atoms with van der Waals surface area (Å²) in [6.45, 7) is 7.86. The average molecular weight is 730 g/mol. The minimum Gasteiger partial charge on any atom is -0.292 e. The summed E-state index contributed by atoms with van der Waals surface area (Å²) < 4.78 is 6.21. The third kappa shape index (κ3) is 4.94. The van der Waals surface area contributed by atoms with Crippen LogP contribution in [0, 0.1) is 17.9 Å². The van der Waals surface area contributed by atoms with E-state index in [1.807, 2.05) is 137 Å². The second kappa shape index (κ2) is 12.6. The van der Waals surface area contributed by atoms with Gasteiger partial charge in [0.05, 0.1) is 51.5 Å². The highest BCUT2D eigenvalue weighted by molar-refractivity contribution is 6.11. The highest BCUT2D eigenvalue weighted by Crippen LogP contribution is 2.38. The van der Waals surface area contributed by atoms with Crippen molar-refractivity contribution in [2.75, 3.05) is 0 Å². The summed E-state index contributed by atoms with van der Waals surface area (Å²) in [6.07, 6.45) is 0. The van der Waals surface area contributed by atoms with Crippen molar-refractivity contribution >= 4 is 60.3 Å². The van der Waals surface area contributed by atoms with Crippen molar-refractivity contribution < 1.29 is 0 Å². The van der Waals surface area contributed by atoms with Crippen LogP contribution in [-0.2, 0) is 0 Å². The van der Waals surface area contributed by atoms with E-state index in [-0.39, 0.29) is 0 Å². The molecular formula is C48H27N9. The molecule has 4 heterocycles. The fourth-order valence-corrected chi connectivity index (χ4v) is 8.08. The first-order valence-corrected chi connectivity index (χ1v) is 18.4. The van der Waals surface area contributed by atoms with Crippen LogP contribution in [0.4, 0.5) is 5.69 Å². The molecule has 264 valence electrons. The lowest BCUT2D eigenvalue weighted by molar-refractivity contribution is 0.891. The minimum atomic E-state index is 0.386. The monoisotopic (exact) mass is 729 g/mol. The zero-order chi connectivity index (χ0) is 38.0. The van der Waals surface area contributed by atoms with Gasteiger partial charge in [-0.25, -0.2) is 9.83 Å². The first kappa shape index (κ1) is 32.1. The molecule has 0 unspecified atom stereocenters. The molecule has 0 aliphatic heterocycles. The van der Waals surface area contributed by atoms with Crippen LogP contribution in [0.25, 0.3) is 99.8 Å². The predicted octanol–water partition coefficient (Wildman–Crippen LogP) is 11.2. The highest BCUT2D eigenvalue weighted by Gasteiger charge is 2.24. The summed E-state index contributed by atoms with van der Waals surface area (Å²) in [6, 6.07) is 56.4. The van der Waals surface area contributed by atoms with Gasteiger partial charge in [-0.2, -0.15) is 20.2 Å². The van der Waals surface area contributed by atoms with Gasteiger partial charge in [-0.1, -0.05) is 109 Å².